The molecular formula is C24H29F2N7O3. The van der Waals surface area contributed by atoms with Crippen LogP contribution in [0.4, 0.5) is 20.3 Å². The normalized spacial score (nSPS) is 26.2. The lowest BCUT2D eigenvalue weighted by molar-refractivity contribution is 0.0301. The van der Waals surface area contributed by atoms with Crippen LogP contribution < -0.4 is 10.2 Å². The van der Waals surface area contributed by atoms with E-state index >= 15 is 0 Å². The number of fused-ring (bicyclic) bond motifs is 3. The van der Waals surface area contributed by atoms with Gasteiger partial charge in [-0.3, -0.25) is 9.48 Å². The molecule has 3 fully saturated rings. The molecule has 0 radical (unpaired) electrons. The van der Waals surface area contributed by atoms with E-state index in [4.69, 9.17) is 4.74 Å². The summed E-state index contributed by atoms with van der Waals surface area (Å²) in [5.74, 6) is 0.158. The van der Waals surface area contributed by atoms with Crippen molar-refractivity contribution < 1.29 is 23.4 Å². The second-order valence-corrected chi connectivity index (χ2v) is 9.97. The minimum absolute atomic E-state index is 0.0115. The van der Waals surface area contributed by atoms with Gasteiger partial charge >= 0.3 is 0 Å². The van der Waals surface area contributed by atoms with Crippen LogP contribution in [0.3, 0.4) is 0 Å². The molecule has 0 unspecified atom stereocenters. The number of nitrogens with one attached hydrogen (secondary N) is 1. The van der Waals surface area contributed by atoms with Crippen molar-refractivity contribution in [3.05, 3.63) is 35.9 Å². The summed E-state index contributed by atoms with van der Waals surface area (Å²) in [5.41, 5.74) is 0.135. The van der Waals surface area contributed by atoms with Gasteiger partial charge < -0.3 is 20.1 Å². The topological polar surface area (TPSA) is 110 Å². The Morgan fingerprint density at radius 2 is 1.89 bits per heavy atom. The summed E-state index contributed by atoms with van der Waals surface area (Å²) in [4.78, 5) is 20.0. The van der Waals surface area contributed by atoms with Crippen LogP contribution in [0.2, 0.25) is 0 Å². The van der Waals surface area contributed by atoms with Gasteiger partial charge in [-0.1, -0.05) is 0 Å². The molecule has 3 aromatic rings. The minimum atomic E-state index is -2.84. The molecule has 3 aliphatic rings. The van der Waals surface area contributed by atoms with E-state index in [9.17, 15) is 18.7 Å². The predicted octanol–water partition coefficient (Wildman–Crippen LogP) is 3.21. The number of nitrogens with zero attached hydrogens (tertiary/aromatic N) is 6. The number of morpholine rings is 1. The van der Waals surface area contributed by atoms with Crippen molar-refractivity contribution in [3.8, 4) is 0 Å². The Morgan fingerprint density at radius 3 is 2.58 bits per heavy atom. The third-order valence-electron chi connectivity index (χ3n) is 7.61. The highest BCUT2D eigenvalue weighted by molar-refractivity contribution is 6.12. The third-order valence-corrected chi connectivity index (χ3v) is 7.61. The quantitative estimate of drug-likeness (QED) is 0.534. The van der Waals surface area contributed by atoms with Crippen LogP contribution in [0.25, 0.3) is 5.65 Å². The molecule has 36 heavy (non-hydrogen) atoms. The van der Waals surface area contributed by atoms with E-state index in [1.165, 1.54) is 6.20 Å². The van der Waals surface area contributed by atoms with Gasteiger partial charge in [-0.05, 0) is 50.5 Å². The number of anilines is 2. The maximum absolute atomic E-state index is 13.9. The molecule has 2 N–H and O–H groups in total. The summed E-state index contributed by atoms with van der Waals surface area (Å²) < 4.78 is 36.9. The van der Waals surface area contributed by atoms with E-state index in [0.29, 0.717) is 24.6 Å². The fourth-order valence-electron chi connectivity index (χ4n) is 5.71. The summed E-state index contributed by atoms with van der Waals surface area (Å²) >= 11 is 0. The summed E-state index contributed by atoms with van der Waals surface area (Å²) in [6.45, 7) is 1.35. The Kier molecular flexibility index (Phi) is 6.08. The van der Waals surface area contributed by atoms with Crippen LogP contribution in [-0.2, 0) is 4.74 Å². The molecule has 2 atom stereocenters. The second kappa shape index (κ2) is 9.40. The standard InChI is InChI=1S/C24H29F2N7O3/c25-21(26)20-18(12-33(29-20)15-4-2-14(13-34)3-5-15)28-24(35)19-22-27-8-1-9-32(22)30-23(19)31-10-16-6-7-17(11-31)36-16/h1,8-9,12,14-17,21,34H,2-7,10-11,13H2,(H,28,35)/t14?,15?,16-,17-/m1/s1. The minimum Gasteiger partial charge on any atom is -0.396 e. The number of aliphatic hydroxyl groups excluding tert-OH is 1. The number of aliphatic hydroxyl groups is 1. The van der Waals surface area contributed by atoms with Crippen molar-refractivity contribution in [2.24, 2.45) is 5.92 Å². The lowest BCUT2D eigenvalue weighted by atomic mass is 9.87. The zero-order valence-electron chi connectivity index (χ0n) is 19.8. The van der Waals surface area contributed by atoms with E-state index in [0.717, 1.165) is 38.5 Å². The molecule has 10 nitrogen and oxygen atoms in total. The van der Waals surface area contributed by atoms with Crippen molar-refractivity contribution in [3.63, 3.8) is 0 Å². The smallest absolute Gasteiger partial charge is 0.284 e. The Morgan fingerprint density at radius 1 is 1.14 bits per heavy atom. The van der Waals surface area contributed by atoms with Crippen LogP contribution in [0, 0.1) is 5.92 Å². The van der Waals surface area contributed by atoms with E-state index in [1.54, 1.807) is 27.7 Å². The molecule has 2 saturated heterocycles. The first-order valence-electron chi connectivity index (χ1n) is 12.5. The Labute approximate surface area is 206 Å². The lowest BCUT2D eigenvalue weighted by Crippen LogP contribution is -2.43. The lowest BCUT2D eigenvalue weighted by Gasteiger charge is -2.32. The van der Waals surface area contributed by atoms with Crippen molar-refractivity contribution in [1.29, 1.82) is 0 Å². The first-order valence-corrected chi connectivity index (χ1v) is 12.5. The number of aromatic nitrogens is 5. The van der Waals surface area contributed by atoms with Crippen LogP contribution in [0.15, 0.2) is 24.7 Å². The van der Waals surface area contributed by atoms with Crippen molar-refractivity contribution >= 4 is 23.1 Å². The van der Waals surface area contributed by atoms with Crippen LogP contribution in [0.5, 0.6) is 0 Å². The summed E-state index contributed by atoms with van der Waals surface area (Å²) in [6, 6.07) is 1.67. The average molecular weight is 502 g/mol. The molecule has 3 aromatic heterocycles. The number of halogens is 2. The summed E-state index contributed by atoms with van der Waals surface area (Å²) in [6.07, 6.45) is 7.14. The monoisotopic (exact) mass is 501 g/mol. The van der Waals surface area contributed by atoms with Gasteiger partial charge in [0.15, 0.2) is 17.2 Å². The highest BCUT2D eigenvalue weighted by atomic mass is 19.3. The molecule has 5 heterocycles. The molecule has 1 aliphatic carbocycles. The number of hydrogen-bond acceptors (Lipinski definition) is 7. The van der Waals surface area contributed by atoms with E-state index < -0.39 is 18.0 Å². The van der Waals surface area contributed by atoms with Crippen molar-refractivity contribution in [2.75, 3.05) is 29.9 Å². The van der Waals surface area contributed by atoms with Gasteiger partial charge in [0.05, 0.1) is 23.9 Å². The van der Waals surface area contributed by atoms with Gasteiger partial charge in [0.1, 0.15) is 5.56 Å². The Bertz CT molecular complexity index is 1240. The molecule has 12 heteroatoms. The largest absolute Gasteiger partial charge is 0.396 e. The Hall–Kier alpha value is -3.12. The van der Waals surface area contributed by atoms with Gasteiger partial charge in [-0.25, -0.2) is 18.3 Å². The number of alkyl halides is 2. The zero-order chi connectivity index (χ0) is 24.8. The van der Waals surface area contributed by atoms with E-state index in [1.807, 2.05) is 4.90 Å². The first kappa shape index (κ1) is 23.3. The van der Waals surface area contributed by atoms with Crippen molar-refractivity contribution in [2.45, 2.75) is 63.2 Å². The van der Waals surface area contributed by atoms with Crippen LogP contribution in [0.1, 0.15) is 67.0 Å². The zero-order valence-corrected chi connectivity index (χ0v) is 19.8. The highest BCUT2D eigenvalue weighted by Crippen LogP contribution is 2.36. The molecule has 1 amide bonds. The maximum Gasteiger partial charge on any atom is 0.284 e. The van der Waals surface area contributed by atoms with Gasteiger partial charge in [0.2, 0.25) is 0 Å². The number of carbonyl (C=O) groups excluding carboxylic acids is 1. The third kappa shape index (κ3) is 4.21. The maximum atomic E-state index is 13.9. The van der Waals surface area contributed by atoms with E-state index in [2.05, 4.69) is 20.5 Å². The second-order valence-electron chi connectivity index (χ2n) is 9.97. The SMILES string of the molecule is O=C(Nc1cn(C2CCC(CO)CC2)nc1C(F)F)c1c(N2C[C@H]3CC[C@H](C2)O3)nn2cccnc12. The predicted molar refractivity (Wildman–Crippen MR) is 126 cm³/mol. The molecule has 1 saturated carbocycles. The van der Waals surface area contributed by atoms with Crippen LogP contribution in [-0.4, -0.2) is 67.3 Å². The number of carbonyl (C=O) groups is 1. The van der Waals surface area contributed by atoms with E-state index in [-0.39, 0.29) is 42.0 Å². The molecule has 6 rings (SSSR count). The summed E-state index contributed by atoms with van der Waals surface area (Å²) in [5, 5.41) is 20.8. The van der Waals surface area contributed by atoms with Gasteiger partial charge in [0.25, 0.3) is 12.3 Å². The van der Waals surface area contributed by atoms with Crippen LogP contribution >= 0.6 is 0 Å². The molecule has 192 valence electrons. The number of hydrogen-bond donors (Lipinski definition) is 2. The highest BCUT2D eigenvalue weighted by Gasteiger charge is 2.37. The molecular weight excluding hydrogens is 472 g/mol. The summed E-state index contributed by atoms with van der Waals surface area (Å²) in [7, 11) is 0. The Balaban J connectivity index is 1.31. The molecule has 0 aromatic carbocycles. The van der Waals surface area contributed by atoms with Gasteiger partial charge in [-0.2, -0.15) is 5.10 Å². The van der Waals surface area contributed by atoms with Gasteiger partial charge in [-0.15, -0.1) is 5.10 Å². The molecule has 2 bridgehead atoms. The van der Waals surface area contributed by atoms with Crippen molar-refractivity contribution in [1.82, 2.24) is 24.4 Å². The average Bonchev–Trinajstić information content (AvgIpc) is 3.58. The number of ether oxygens (including phenoxy) is 1. The first-order chi connectivity index (χ1) is 17.5. The molecule has 0 spiro atoms. The number of rotatable bonds is 6. The van der Waals surface area contributed by atoms with Gasteiger partial charge in [0, 0.05) is 38.3 Å². The fourth-order valence-corrected chi connectivity index (χ4v) is 5.71. The number of amides is 1. The fraction of sp³-hybridized carbons (Fsp3) is 0.583. The molecule has 2 aliphatic heterocycles.